The standard InChI is InChI=1S/C14H24NO2Si/c1-3-5-10-16-18(17-11-6-4-2)14-9-7-8-13(15)12-14/h7-9,12H,3-6,10-11,15H2,1-2H3. The monoisotopic (exact) mass is 266 g/mol. The Morgan fingerprint density at radius 3 is 2.17 bits per heavy atom. The predicted molar refractivity (Wildman–Crippen MR) is 78.0 cm³/mol. The van der Waals surface area contributed by atoms with Crippen molar-refractivity contribution >= 4 is 20.2 Å². The normalized spacial score (nSPS) is 11.1. The van der Waals surface area contributed by atoms with Gasteiger partial charge in [-0.15, -0.1) is 0 Å². The Bertz CT molecular complexity index is 323. The summed E-state index contributed by atoms with van der Waals surface area (Å²) < 4.78 is 11.8. The largest absolute Gasteiger partial charge is 0.423 e. The van der Waals surface area contributed by atoms with Crippen LogP contribution in [-0.2, 0) is 8.85 Å². The molecule has 0 atom stereocenters. The van der Waals surface area contributed by atoms with Gasteiger partial charge in [0, 0.05) is 18.9 Å². The number of hydrogen-bond acceptors (Lipinski definition) is 3. The second kappa shape index (κ2) is 9.14. The molecule has 0 amide bonds. The van der Waals surface area contributed by atoms with Gasteiger partial charge in [-0.3, -0.25) is 0 Å². The zero-order valence-corrected chi connectivity index (χ0v) is 12.4. The summed E-state index contributed by atoms with van der Waals surface area (Å²) in [6.07, 6.45) is 4.43. The van der Waals surface area contributed by atoms with Crippen LogP contribution in [-0.4, -0.2) is 22.5 Å². The van der Waals surface area contributed by atoms with Gasteiger partial charge in [0.1, 0.15) is 0 Å². The van der Waals surface area contributed by atoms with E-state index in [0.29, 0.717) is 0 Å². The maximum atomic E-state index is 5.89. The first-order chi connectivity index (χ1) is 8.77. The third kappa shape index (κ3) is 5.66. The molecule has 1 rings (SSSR count). The maximum Gasteiger partial charge on any atom is 0.423 e. The Hall–Kier alpha value is -0.843. The lowest BCUT2D eigenvalue weighted by Gasteiger charge is -2.15. The number of benzene rings is 1. The van der Waals surface area contributed by atoms with E-state index >= 15 is 0 Å². The Labute approximate surface area is 112 Å². The van der Waals surface area contributed by atoms with Crippen molar-refractivity contribution in [1.29, 1.82) is 0 Å². The van der Waals surface area contributed by atoms with Gasteiger partial charge in [-0.25, -0.2) is 0 Å². The molecule has 0 aliphatic rings. The quantitative estimate of drug-likeness (QED) is 0.424. The van der Waals surface area contributed by atoms with E-state index in [9.17, 15) is 0 Å². The first kappa shape index (κ1) is 15.2. The molecule has 0 unspecified atom stereocenters. The van der Waals surface area contributed by atoms with Crippen LogP contribution in [0.25, 0.3) is 0 Å². The summed E-state index contributed by atoms with van der Waals surface area (Å²) in [5.74, 6) is 0. The number of rotatable bonds is 9. The van der Waals surface area contributed by atoms with Crippen molar-refractivity contribution in [3.63, 3.8) is 0 Å². The Morgan fingerprint density at radius 2 is 1.67 bits per heavy atom. The molecule has 0 fully saturated rings. The van der Waals surface area contributed by atoms with Crippen LogP contribution in [0.5, 0.6) is 0 Å². The lowest BCUT2D eigenvalue weighted by Crippen LogP contribution is -2.37. The molecule has 101 valence electrons. The molecule has 1 aromatic rings. The fourth-order valence-electron chi connectivity index (χ4n) is 1.49. The van der Waals surface area contributed by atoms with Gasteiger partial charge in [0.15, 0.2) is 0 Å². The average Bonchev–Trinajstić information content (AvgIpc) is 2.37. The molecule has 3 nitrogen and oxygen atoms in total. The number of unbranched alkanes of at least 4 members (excludes halogenated alkanes) is 2. The summed E-state index contributed by atoms with van der Waals surface area (Å²) in [6.45, 7) is 5.86. The highest BCUT2D eigenvalue weighted by molar-refractivity contribution is 6.61. The van der Waals surface area contributed by atoms with Crippen LogP contribution in [0.15, 0.2) is 24.3 Å². The van der Waals surface area contributed by atoms with E-state index < -0.39 is 9.28 Å². The summed E-state index contributed by atoms with van der Waals surface area (Å²) in [6, 6.07) is 7.86. The molecule has 18 heavy (non-hydrogen) atoms. The van der Waals surface area contributed by atoms with Crippen LogP contribution in [0.2, 0.25) is 0 Å². The zero-order valence-electron chi connectivity index (χ0n) is 11.4. The first-order valence-corrected chi connectivity index (χ1v) is 8.08. The fraction of sp³-hybridized carbons (Fsp3) is 0.571. The molecular formula is C14H24NO2Si. The summed E-state index contributed by atoms with van der Waals surface area (Å²) in [7, 11) is -1.37. The molecule has 0 saturated carbocycles. The SMILES string of the molecule is CCCCO[Si](OCCCC)c1cccc(N)c1. The van der Waals surface area contributed by atoms with E-state index in [4.69, 9.17) is 14.6 Å². The minimum atomic E-state index is -1.37. The smallest absolute Gasteiger partial charge is 0.399 e. The van der Waals surface area contributed by atoms with Gasteiger partial charge in [0.25, 0.3) is 0 Å². The summed E-state index contributed by atoms with van der Waals surface area (Å²) in [4.78, 5) is 0. The zero-order chi connectivity index (χ0) is 13.2. The van der Waals surface area contributed by atoms with Crippen molar-refractivity contribution in [2.24, 2.45) is 0 Å². The topological polar surface area (TPSA) is 44.5 Å². The number of nitrogens with two attached hydrogens (primary N) is 1. The van der Waals surface area contributed by atoms with Crippen molar-refractivity contribution in [2.45, 2.75) is 39.5 Å². The molecule has 0 aliphatic heterocycles. The minimum Gasteiger partial charge on any atom is -0.399 e. The van der Waals surface area contributed by atoms with Crippen LogP contribution in [0.1, 0.15) is 39.5 Å². The van der Waals surface area contributed by atoms with Gasteiger partial charge in [0.05, 0.1) is 0 Å². The van der Waals surface area contributed by atoms with E-state index in [1.807, 2.05) is 24.3 Å². The van der Waals surface area contributed by atoms with E-state index in [-0.39, 0.29) is 0 Å². The lowest BCUT2D eigenvalue weighted by molar-refractivity contribution is 0.202. The average molecular weight is 266 g/mol. The molecule has 0 bridgehead atoms. The van der Waals surface area contributed by atoms with E-state index in [1.54, 1.807) is 0 Å². The summed E-state index contributed by atoms with van der Waals surface area (Å²) >= 11 is 0. The van der Waals surface area contributed by atoms with Gasteiger partial charge in [-0.2, -0.15) is 0 Å². The molecular weight excluding hydrogens is 242 g/mol. The Balaban J connectivity index is 2.57. The fourth-order valence-corrected chi connectivity index (χ4v) is 3.09. The van der Waals surface area contributed by atoms with Gasteiger partial charge in [0.2, 0.25) is 0 Å². The lowest BCUT2D eigenvalue weighted by atomic mass is 10.3. The van der Waals surface area contributed by atoms with Crippen molar-refractivity contribution in [1.82, 2.24) is 0 Å². The van der Waals surface area contributed by atoms with E-state index in [1.165, 1.54) is 0 Å². The molecule has 1 aromatic carbocycles. The minimum absolute atomic E-state index is 0.770. The van der Waals surface area contributed by atoms with Crippen LogP contribution < -0.4 is 10.9 Å². The van der Waals surface area contributed by atoms with Crippen molar-refractivity contribution < 1.29 is 8.85 Å². The molecule has 0 spiro atoms. The molecule has 0 saturated heterocycles. The molecule has 0 aromatic heterocycles. The second-order valence-corrected chi connectivity index (χ2v) is 6.05. The highest BCUT2D eigenvalue weighted by atomic mass is 28.3. The highest BCUT2D eigenvalue weighted by Crippen LogP contribution is 2.02. The van der Waals surface area contributed by atoms with Gasteiger partial charge in [-0.05, 0) is 30.2 Å². The third-order valence-corrected chi connectivity index (χ3v) is 4.30. The van der Waals surface area contributed by atoms with Crippen molar-refractivity contribution in [3.05, 3.63) is 24.3 Å². The van der Waals surface area contributed by atoms with Gasteiger partial charge < -0.3 is 14.6 Å². The Morgan fingerprint density at radius 1 is 1.06 bits per heavy atom. The van der Waals surface area contributed by atoms with Crippen LogP contribution in [0.3, 0.4) is 0 Å². The highest BCUT2D eigenvalue weighted by Gasteiger charge is 2.18. The van der Waals surface area contributed by atoms with Crippen LogP contribution in [0.4, 0.5) is 5.69 Å². The predicted octanol–water partition coefficient (Wildman–Crippen LogP) is 2.60. The van der Waals surface area contributed by atoms with Crippen LogP contribution >= 0.6 is 0 Å². The summed E-state index contributed by atoms with van der Waals surface area (Å²) in [5, 5.41) is 1.10. The maximum absolute atomic E-state index is 5.89. The molecule has 1 radical (unpaired) electrons. The Kier molecular flexibility index (Phi) is 7.72. The van der Waals surface area contributed by atoms with Crippen LogP contribution in [0, 0.1) is 0 Å². The molecule has 0 aliphatic carbocycles. The third-order valence-electron chi connectivity index (χ3n) is 2.58. The van der Waals surface area contributed by atoms with E-state index in [2.05, 4.69) is 13.8 Å². The summed E-state index contributed by atoms with van der Waals surface area (Å²) in [5.41, 5.74) is 6.58. The molecule has 4 heteroatoms. The van der Waals surface area contributed by atoms with Crippen molar-refractivity contribution in [3.8, 4) is 0 Å². The van der Waals surface area contributed by atoms with Gasteiger partial charge in [-0.1, -0.05) is 38.8 Å². The van der Waals surface area contributed by atoms with Crippen molar-refractivity contribution in [2.75, 3.05) is 18.9 Å². The van der Waals surface area contributed by atoms with Gasteiger partial charge >= 0.3 is 9.28 Å². The second-order valence-electron chi connectivity index (χ2n) is 4.32. The van der Waals surface area contributed by atoms with E-state index in [0.717, 1.165) is 49.8 Å². The number of nitrogen functional groups attached to an aromatic ring is 1. The number of hydrogen-bond donors (Lipinski definition) is 1. The number of anilines is 1. The molecule has 0 heterocycles. The molecule has 2 N–H and O–H groups in total. The first-order valence-electron chi connectivity index (χ1n) is 6.76.